The lowest BCUT2D eigenvalue weighted by Crippen LogP contribution is -2.58. The maximum Gasteiger partial charge on any atom is 0.325 e. The van der Waals surface area contributed by atoms with Gasteiger partial charge in [0.1, 0.15) is 42.3 Å². The van der Waals surface area contributed by atoms with Gasteiger partial charge in [-0.15, -0.1) is 0 Å². The van der Waals surface area contributed by atoms with Gasteiger partial charge in [-0.05, 0) is 83.5 Å². The van der Waals surface area contributed by atoms with Crippen LogP contribution < -0.4 is 37.6 Å². The highest BCUT2D eigenvalue weighted by Gasteiger charge is 2.43. The Labute approximate surface area is 402 Å². The lowest BCUT2D eigenvalue weighted by Gasteiger charge is -2.31. The molecule has 386 valence electrons. The fraction of sp³-hybridized carbons (Fsp3) is 0.756. The predicted molar refractivity (Wildman–Crippen MR) is 246 cm³/mol. The van der Waals surface area contributed by atoms with Crippen LogP contribution in [0, 0.1) is 11.8 Å². The average molecular weight is 976 g/mol. The molecule has 69 heavy (non-hydrogen) atoms. The number of nitrogens with two attached hydrogens (primary N) is 1. The van der Waals surface area contributed by atoms with Crippen molar-refractivity contribution in [2.75, 3.05) is 45.8 Å². The van der Waals surface area contributed by atoms with Gasteiger partial charge in [0, 0.05) is 26.2 Å². The lowest BCUT2D eigenvalue weighted by atomic mass is 9.97. The number of aliphatic hydroxyl groups excluding tert-OH is 1. The Morgan fingerprint density at radius 2 is 0.971 bits per heavy atom. The molecule has 0 aromatic rings. The second-order valence-corrected chi connectivity index (χ2v) is 19.0. The summed E-state index contributed by atoms with van der Waals surface area (Å²) in [6.45, 7) is 9.37. The quantitative estimate of drug-likeness (QED) is 0.0513. The Balaban J connectivity index is 1.29. The number of carbonyl (C=O) groups excluding carboxylic acids is 10. The number of hydrogen-bond donors (Lipinski definition) is 9. The molecule has 4 aliphatic heterocycles. The molecule has 4 rings (SSSR count). The van der Waals surface area contributed by atoms with E-state index in [1.54, 1.807) is 6.92 Å². The SMILES string of the molecule is CC[C@H](C)[C@H](NC(=O)[C@@H]1CCCN1C(=O)CNC(=O)[C@@H](NC(=O)[C@@H](N)CC(C)C)[C@@H](C)O)C(=O)NCC(=O)N1CCC[C@H]1C(=O)N1CCC[C@H]1C(=O)NCC(=O)N1CCC[C@H]1C(=O)N[C@@H](C)C(=O)O. The molecule has 10 N–H and O–H groups in total. The van der Waals surface area contributed by atoms with E-state index in [-0.39, 0.29) is 38.5 Å². The molecule has 24 nitrogen and oxygen atoms in total. The van der Waals surface area contributed by atoms with Crippen molar-refractivity contribution in [2.24, 2.45) is 17.6 Å². The number of amides is 10. The van der Waals surface area contributed by atoms with Gasteiger partial charge in [0.05, 0.1) is 31.8 Å². The highest BCUT2D eigenvalue weighted by atomic mass is 16.4. The van der Waals surface area contributed by atoms with Crippen molar-refractivity contribution in [3.63, 3.8) is 0 Å². The van der Waals surface area contributed by atoms with Crippen LogP contribution in [-0.4, -0.2) is 195 Å². The third-order valence-electron chi connectivity index (χ3n) is 13.3. The molecule has 4 saturated heterocycles. The molecule has 4 aliphatic rings. The largest absolute Gasteiger partial charge is 0.480 e. The van der Waals surface area contributed by atoms with Crippen LogP contribution in [0.25, 0.3) is 0 Å². The second-order valence-electron chi connectivity index (χ2n) is 19.0. The van der Waals surface area contributed by atoms with Gasteiger partial charge < -0.3 is 67.4 Å². The Kier molecular flexibility index (Phi) is 20.7. The fourth-order valence-electron chi connectivity index (χ4n) is 9.23. The molecule has 0 bridgehead atoms. The van der Waals surface area contributed by atoms with Crippen LogP contribution in [0.4, 0.5) is 0 Å². The van der Waals surface area contributed by atoms with E-state index >= 15 is 0 Å². The molecule has 10 amide bonds. The summed E-state index contributed by atoms with van der Waals surface area (Å²) < 4.78 is 0. The van der Waals surface area contributed by atoms with Crippen molar-refractivity contribution in [3.8, 4) is 0 Å². The molecule has 4 fully saturated rings. The molecule has 10 atom stereocenters. The standard InChI is InChI=1S/C45H73N11O13/c1-7-25(4)36(51-41(64)31-14-9-17-54(31)34(59)22-49-43(66)37(27(6)57)52-38(61)28(46)20-24(2)3)42(65)48-23-35(60)55-18-11-15-32(55)44(67)56-19-10-12-29(56)39(62)47-21-33(58)53-16-8-13-30(53)40(63)50-26(5)45(68)69/h24-32,36-37,57H,7-23,46H2,1-6H3,(H,47,62)(H,48,65)(H,49,66)(H,50,63)(H,51,64)(H,52,61)(H,68,69)/t25-,26-,27+,28-,29-,30-,31-,32-,36-,37-/m0/s1. The number of hydrogen-bond acceptors (Lipinski definition) is 13. The molecule has 0 aromatic carbocycles. The first-order chi connectivity index (χ1) is 32.6. The Morgan fingerprint density at radius 1 is 0.551 bits per heavy atom. The molecule has 0 aromatic heterocycles. The number of nitrogens with one attached hydrogen (secondary N) is 6. The smallest absolute Gasteiger partial charge is 0.325 e. The molecular formula is C45H73N11O13. The van der Waals surface area contributed by atoms with Crippen molar-refractivity contribution in [2.45, 2.75) is 160 Å². The Bertz CT molecular complexity index is 1930. The zero-order valence-corrected chi connectivity index (χ0v) is 40.6. The van der Waals surface area contributed by atoms with Crippen molar-refractivity contribution in [3.05, 3.63) is 0 Å². The summed E-state index contributed by atoms with van der Waals surface area (Å²) >= 11 is 0. The van der Waals surface area contributed by atoms with E-state index in [1.165, 1.54) is 33.4 Å². The summed E-state index contributed by atoms with van der Waals surface area (Å²) in [6, 6.07) is -8.24. The number of aliphatic carboxylic acids is 1. The number of nitrogens with zero attached hydrogens (tertiary/aromatic N) is 4. The molecule has 0 aliphatic carbocycles. The van der Waals surface area contributed by atoms with Crippen LogP contribution >= 0.6 is 0 Å². The average Bonchev–Trinajstić information content (AvgIpc) is 4.16. The van der Waals surface area contributed by atoms with E-state index in [0.29, 0.717) is 57.8 Å². The van der Waals surface area contributed by atoms with Crippen LogP contribution in [0.1, 0.15) is 106 Å². The first-order valence-electron chi connectivity index (χ1n) is 24.2. The molecule has 4 heterocycles. The van der Waals surface area contributed by atoms with Crippen molar-refractivity contribution >= 4 is 65.0 Å². The summed E-state index contributed by atoms with van der Waals surface area (Å²) in [5.74, 6) is -7.55. The number of likely N-dealkylation sites (tertiary alicyclic amines) is 4. The second kappa shape index (κ2) is 25.6. The summed E-state index contributed by atoms with van der Waals surface area (Å²) in [6.07, 6.45) is 2.70. The molecule has 0 spiro atoms. The van der Waals surface area contributed by atoms with Crippen molar-refractivity contribution < 1.29 is 63.0 Å². The minimum absolute atomic E-state index is 0.106. The minimum Gasteiger partial charge on any atom is -0.480 e. The third kappa shape index (κ3) is 14.8. The Hall–Kier alpha value is -5.91. The maximum atomic E-state index is 14.0. The highest BCUT2D eigenvalue weighted by Crippen LogP contribution is 2.26. The van der Waals surface area contributed by atoms with Gasteiger partial charge in [0.2, 0.25) is 59.1 Å². The van der Waals surface area contributed by atoms with Gasteiger partial charge in [-0.1, -0.05) is 34.1 Å². The molecule has 0 unspecified atom stereocenters. The molecule has 0 saturated carbocycles. The van der Waals surface area contributed by atoms with E-state index in [4.69, 9.17) is 10.8 Å². The highest BCUT2D eigenvalue weighted by molar-refractivity contribution is 5.98. The minimum atomic E-state index is -1.39. The van der Waals surface area contributed by atoms with Crippen LogP contribution in [0.15, 0.2) is 0 Å². The fourth-order valence-corrected chi connectivity index (χ4v) is 9.23. The molecular weight excluding hydrogens is 903 g/mol. The normalized spacial score (nSPS) is 22.7. The summed E-state index contributed by atoms with van der Waals surface area (Å²) in [7, 11) is 0. The van der Waals surface area contributed by atoms with E-state index in [0.717, 1.165) is 0 Å². The van der Waals surface area contributed by atoms with Gasteiger partial charge >= 0.3 is 5.97 Å². The number of rotatable bonds is 22. The van der Waals surface area contributed by atoms with E-state index in [1.807, 2.05) is 20.8 Å². The van der Waals surface area contributed by atoms with E-state index in [9.17, 15) is 57.8 Å². The summed E-state index contributed by atoms with van der Waals surface area (Å²) in [4.78, 5) is 150. The first kappa shape index (κ1) is 55.7. The predicted octanol–water partition coefficient (Wildman–Crippen LogP) is -3.34. The van der Waals surface area contributed by atoms with Gasteiger partial charge in [-0.2, -0.15) is 0 Å². The number of carboxylic acids is 1. The Morgan fingerprint density at radius 3 is 1.43 bits per heavy atom. The zero-order chi connectivity index (χ0) is 51.3. The zero-order valence-electron chi connectivity index (χ0n) is 40.6. The van der Waals surface area contributed by atoms with Gasteiger partial charge in [0.15, 0.2) is 0 Å². The van der Waals surface area contributed by atoms with Crippen molar-refractivity contribution in [1.29, 1.82) is 0 Å². The van der Waals surface area contributed by atoms with E-state index < -0.39 is 145 Å². The molecule has 24 heteroatoms. The van der Waals surface area contributed by atoms with Gasteiger partial charge in [-0.25, -0.2) is 0 Å². The lowest BCUT2D eigenvalue weighted by molar-refractivity contribution is -0.147. The number of carbonyl (C=O) groups is 11. The van der Waals surface area contributed by atoms with Gasteiger partial charge in [0.25, 0.3) is 0 Å². The van der Waals surface area contributed by atoms with Crippen LogP contribution in [0.5, 0.6) is 0 Å². The van der Waals surface area contributed by atoms with Crippen LogP contribution in [-0.2, 0) is 52.7 Å². The number of aliphatic hydroxyl groups is 1. The number of carboxylic acid groups (broad SMARTS) is 1. The maximum absolute atomic E-state index is 14.0. The monoisotopic (exact) mass is 976 g/mol. The third-order valence-corrected chi connectivity index (χ3v) is 13.3. The van der Waals surface area contributed by atoms with Crippen LogP contribution in [0.3, 0.4) is 0 Å². The van der Waals surface area contributed by atoms with E-state index in [2.05, 4.69) is 31.9 Å². The van der Waals surface area contributed by atoms with Gasteiger partial charge in [-0.3, -0.25) is 52.7 Å². The van der Waals surface area contributed by atoms with Crippen LogP contribution in [0.2, 0.25) is 0 Å². The first-order valence-corrected chi connectivity index (χ1v) is 24.2. The topological polar surface area (TPSA) is 339 Å². The summed E-state index contributed by atoms with van der Waals surface area (Å²) in [5, 5.41) is 34.6. The summed E-state index contributed by atoms with van der Waals surface area (Å²) in [5.41, 5.74) is 5.93. The molecule has 0 radical (unpaired) electrons. The van der Waals surface area contributed by atoms with Crippen molar-refractivity contribution in [1.82, 2.24) is 51.5 Å².